The van der Waals surface area contributed by atoms with Crippen LogP contribution in [-0.4, -0.2) is 11.1 Å². The molecule has 1 amide bonds. The van der Waals surface area contributed by atoms with E-state index in [-0.39, 0.29) is 17.0 Å². The van der Waals surface area contributed by atoms with Crippen LogP contribution in [0.2, 0.25) is 0 Å². The van der Waals surface area contributed by atoms with E-state index in [0.29, 0.717) is 11.6 Å². The number of para-hydroxylation sites is 2. The Morgan fingerprint density at radius 1 is 0.889 bits per heavy atom. The third-order valence-electron chi connectivity index (χ3n) is 4.29. The van der Waals surface area contributed by atoms with Gasteiger partial charge < -0.3 is 0 Å². The summed E-state index contributed by atoms with van der Waals surface area (Å²) in [4.78, 5) is 19.4. The fraction of sp³-hybridized carbons (Fsp3) is 0.0909. The minimum absolute atomic E-state index is 0.0241. The van der Waals surface area contributed by atoms with Gasteiger partial charge in [-0.1, -0.05) is 60.3 Å². The first-order valence-electron chi connectivity index (χ1n) is 8.64. The van der Waals surface area contributed by atoms with E-state index >= 15 is 0 Å². The van der Waals surface area contributed by atoms with Crippen LogP contribution in [0, 0.1) is 5.82 Å². The lowest BCUT2D eigenvalue weighted by Crippen LogP contribution is -2.40. The van der Waals surface area contributed by atoms with Crippen LogP contribution >= 0.6 is 11.8 Å². The lowest BCUT2D eigenvalue weighted by molar-refractivity contribution is -0.117. The highest BCUT2D eigenvalue weighted by molar-refractivity contribution is 8.14. The summed E-state index contributed by atoms with van der Waals surface area (Å²) in [6, 6.07) is 25.4. The molecule has 1 atom stereocenters. The Bertz CT molecular complexity index is 959. The Balaban J connectivity index is 1.73. The minimum Gasteiger partial charge on any atom is -0.274 e. The largest absolute Gasteiger partial charge is 0.274 e. The highest BCUT2D eigenvalue weighted by Crippen LogP contribution is 2.41. The van der Waals surface area contributed by atoms with Crippen LogP contribution in [0.5, 0.6) is 0 Å². The second-order valence-corrected chi connectivity index (χ2v) is 7.33. The highest BCUT2D eigenvalue weighted by atomic mass is 32.2. The van der Waals surface area contributed by atoms with Crippen molar-refractivity contribution < 1.29 is 9.18 Å². The molecule has 3 aromatic rings. The molecule has 0 bridgehead atoms. The second-order valence-electron chi connectivity index (χ2n) is 6.16. The number of aliphatic imine (C=N–C) groups is 1. The molecule has 1 aliphatic heterocycles. The van der Waals surface area contributed by atoms with Crippen LogP contribution in [-0.2, 0) is 4.79 Å². The number of thioether (sulfide) groups is 1. The summed E-state index contributed by atoms with van der Waals surface area (Å²) in [7, 11) is 0. The fourth-order valence-corrected chi connectivity index (χ4v) is 4.21. The maximum atomic E-state index is 13.3. The van der Waals surface area contributed by atoms with Crippen molar-refractivity contribution in [2.24, 2.45) is 4.99 Å². The number of carbonyl (C=O) groups excluding carboxylic acids is 1. The summed E-state index contributed by atoms with van der Waals surface area (Å²) < 4.78 is 13.3. The Labute approximate surface area is 161 Å². The van der Waals surface area contributed by atoms with Crippen molar-refractivity contribution in [3.8, 4) is 0 Å². The number of halogens is 1. The lowest BCUT2D eigenvalue weighted by Gasteiger charge is -2.32. The number of carbonyl (C=O) groups is 1. The maximum absolute atomic E-state index is 13.3. The average molecular weight is 376 g/mol. The summed E-state index contributed by atoms with van der Waals surface area (Å²) >= 11 is 1.52. The second kappa shape index (κ2) is 7.76. The average Bonchev–Trinajstić information content (AvgIpc) is 2.70. The molecule has 1 aliphatic rings. The number of hydrogen-bond acceptors (Lipinski definition) is 3. The first-order valence-corrected chi connectivity index (χ1v) is 9.52. The Morgan fingerprint density at radius 2 is 1.52 bits per heavy atom. The monoisotopic (exact) mass is 376 g/mol. The van der Waals surface area contributed by atoms with Gasteiger partial charge >= 0.3 is 0 Å². The van der Waals surface area contributed by atoms with Gasteiger partial charge in [-0.25, -0.2) is 9.38 Å². The van der Waals surface area contributed by atoms with Crippen molar-refractivity contribution in [1.29, 1.82) is 0 Å². The Morgan fingerprint density at radius 3 is 2.19 bits per heavy atom. The topological polar surface area (TPSA) is 32.7 Å². The zero-order valence-electron chi connectivity index (χ0n) is 14.5. The minimum atomic E-state index is -0.282. The van der Waals surface area contributed by atoms with Crippen molar-refractivity contribution in [1.82, 2.24) is 0 Å². The molecule has 27 heavy (non-hydrogen) atoms. The first-order chi connectivity index (χ1) is 13.2. The number of hydrogen-bond donors (Lipinski definition) is 0. The standard InChI is InChI=1S/C22H17FN2OS/c23-17-13-11-16(12-14-17)20-15-21(26)25(19-9-5-2-6-10-19)22(27-20)24-18-7-3-1-4-8-18/h1-14,20H,15H2/t20-/m0/s1. The van der Waals surface area contributed by atoms with Crippen molar-refractivity contribution in [2.75, 3.05) is 4.90 Å². The van der Waals surface area contributed by atoms with Crippen LogP contribution in [0.4, 0.5) is 15.8 Å². The molecular weight excluding hydrogens is 359 g/mol. The van der Waals surface area contributed by atoms with E-state index in [1.165, 1.54) is 23.9 Å². The molecule has 0 aliphatic carbocycles. The van der Waals surface area contributed by atoms with Crippen molar-refractivity contribution in [3.05, 3.63) is 96.3 Å². The van der Waals surface area contributed by atoms with Crippen molar-refractivity contribution in [3.63, 3.8) is 0 Å². The smallest absolute Gasteiger partial charge is 0.234 e. The van der Waals surface area contributed by atoms with Gasteiger partial charge in [0.05, 0.1) is 11.4 Å². The normalized spacial score (nSPS) is 18.7. The van der Waals surface area contributed by atoms with Gasteiger partial charge in [-0.15, -0.1) is 0 Å². The molecule has 0 saturated carbocycles. The van der Waals surface area contributed by atoms with Crippen LogP contribution in [0.15, 0.2) is 89.9 Å². The van der Waals surface area contributed by atoms with Crippen LogP contribution < -0.4 is 4.90 Å². The summed E-state index contributed by atoms with van der Waals surface area (Å²) in [6.07, 6.45) is 0.332. The molecule has 134 valence electrons. The van der Waals surface area contributed by atoms with Gasteiger partial charge in [0, 0.05) is 11.7 Å². The van der Waals surface area contributed by atoms with Gasteiger partial charge in [-0.2, -0.15) is 0 Å². The number of rotatable bonds is 3. The molecule has 3 nitrogen and oxygen atoms in total. The predicted octanol–water partition coefficient (Wildman–Crippen LogP) is 5.72. The van der Waals surface area contributed by atoms with E-state index in [1.807, 2.05) is 60.7 Å². The van der Waals surface area contributed by atoms with Crippen LogP contribution in [0.3, 0.4) is 0 Å². The SMILES string of the molecule is O=C1C[C@@H](c2ccc(F)cc2)SC(=Nc2ccccc2)N1c1ccccc1. The van der Waals surface area contributed by atoms with Gasteiger partial charge in [0.1, 0.15) is 5.82 Å². The number of nitrogens with zero attached hydrogens (tertiary/aromatic N) is 2. The van der Waals surface area contributed by atoms with Crippen molar-refractivity contribution >= 4 is 34.2 Å². The fourth-order valence-electron chi connectivity index (χ4n) is 2.96. The first kappa shape index (κ1) is 17.5. The molecule has 3 aromatic carbocycles. The third-order valence-corrected chi connectivity index (χ3v) is 5.49. The molecule has 0 aromatic heterocycles. The summed E-state index contributed by atoms with van der Waals surface area (Å²) in [5, 5.41) is 0.526. The van der Waals surface area contributed by atoms with E-state index in [4.69, 9.17) is 4.99 Å². The summed E-state index contributed by atoms with van der Waals surface area (Å²) in [5.74, 6) is -0.307. The number of benzene rings is 3. The molecule has 4 rings (SSSR count). The Kier molecular flexibility index (Phi) is 5.03. The number of amidine groups is 1. The van der Waals surface area contributed by atoms with E-state index in [1.54, 1.807) is 17.0 Å². The zero-order chi connectivity index (χ0) is 18.6. The molecule has 0 radical (unpaired) electrons. The number of anilines is 1. The van der Waals surface area contributed by atoms with Gasteiger partial charge in [0.15, 0.2) is 5.17 Å². The lowest BCUT2D eigenvalue weighted by atomic mass is 10.1. The molecule has 0 N–H and O–H groups in total. The van der Waals surface area contributed by atoms with E-state index in [9.17, 15) is 9.18 Å². The predicted molar refractivity (Wildman–Crippen MR) is 109 cm³/mol. The molecule has 0 spiro atoms. The molecule has 1 saturated heterocycles. The van der Waals surface area contributed by atoms with E-state index in [2.05, 4.69) is 0 Å². The molecule has 1 heterocycles. The Hall–Kier alpha value is -2.92. The van der Waals surface area contributed by atoms with Crippen LogP contribution in [0.25, 0.3) is 0 Å². The van der Waals surface area contributed by atoms with Gasteiger partial charge in [-0.3, -0.25) is 9.69 Å². The highest BCUT2D eigenvalue weighted by Gasteiger charge is 2.33. The summed E-state index contributed by atoms with van der Waals surface area (Å²) in [6.45, 7) is 0. The molecule has 5 heteroatoms. The van der Waals surface area contributed by atoms with E-state index < -0.39 is 0 Å². The zero-order valence-corrected chi connectivity index (χ0v) is 15.3. The molecule has 0 unspecified atom stereocenters. The quantitative estimate of drug-likeness (QED) is 0.585. The number of amides is 1. The van der Waals surface area contributed by atoms with Crippen molar-refractivity contribution in [2.45, 2.75) is 11.7 Å². The van der Waals surface area contributed by atoms with Gasteiger partial charge in [-0.05, 0) is 42.0 Å². The summed E-state index contributed by atoms with van der Waals surface area (Å²) in [5.41, 5.74) is 2.50. The molecule has 1 fully saturated rings. The van der Waals surface area contributed by atoms with Gasteiger partial charge in [0.25, 0.3) is 0 Å². The van der Waals surface area contributed by atoms with Crippen LogP contribution in [0.1, 0.15) is 17.2 Å². The maximum Gasteiger partial charge on any atom is 0.234 e. The van der Waals surface area contributed by atoms with E-state index in [0.717, 1.165) is 16.9 Å². The molecular formula is C22H17FN2OS. The third kappa shape index (κ3) is 3.93. The van der Waals surface area contributed by atoms with Gasteiger partial charge in [0.2, 0.25) is 5.91 Å².